The first kappa shape index (κ1) is 14.6. The predicted molar refractivity (Wildman–Crippen MR) is 66.8 cm³/mol. The lowest BCUT2D eigenvalue weighted by atomic mass is 9.86. The van der Waals surface area contributed by atoms with Crippen LogP contribution in [0.4, 0.5) is 13.2 Å². The van der Waals surface area contributed by atoms with Crippen molar-refractivity contribution in [2.45, 2.75) is 32.4 Å². The van der Waals surface area contributed by atoms with Crippen molar-refractivity contribution in [2.75, 3.05) is 6.61 Å². The highest BCUT2D eigenvalue weighted by Gasteiger charge is 2.28. The van der Waals surface area contributed by atoms with E-state index in [4.69, 9.17) is 4.74 Å². The maximum atomic E-state index is 12.1. The molecule has 0 fully saturated rings. The van der Waals surface area contributed by atoms with Crippen molar-refractivity contribution in [3.8, 4) is 5.75 Å². The summed E-state index contributed by atoms with van der Waals surface area (Å²) in [5.74, 6) is 0.204. The molecule has 100 valence electrons. The van der Waals surface area contributed by atoms with Crippen molar-refractivity contribution in [3.63, 3.8) is 0 Å². The standard InChI is InChI=1S/C14H17F3O/c1-5-10-8-11(13(2,3)4)6-7-12(10)18-9-14(15,16)17/h5-8H,1,9H2,2-4H3. The molecule has 1 rings (SSSR count). The van der Waals surface area contributed by atoms with Gasteiger partial charge in [-0.2, -0.15) is 13.2 Å². The Morgan fingerprint density at radius 3 is 2.28 bits per heavy atom. The maximum absolute atomic E-state index is 12.1. The van der Waals surface area contributed by atoms with Gasteiger partial charge in [-0.3, -0.25) is 0 Å². The fourth-order valence-corrected chi connectivity index (χ4v) is 1.47. The SMILES string of the molecule is C=Cc1cc(C(C)(C)C)ccc1OCC(F)(F)F. The van der Waals surface area contributed by atoms with Gasteiger partial charge in [0.15, 0.2) is 6.61 Å². The Morgan fingerprint density at radius 2 is 1.83 bits per heavy atom. The third-order valence-electron chi connectivity index (χ3n) is 2.49. The van der Waals surface area contributed by atoms with Crippen LogP contribution < -0.4 is 4.74 Å². The van der Waals surface area contributed by atoms with Gasteiger partial charge in [-0.1, -0.05) is 39.5 Å². The zero-order valence-corrected chi connectivity index (χ0v) is 10.8. The van der Waals surface area contributed by atoms with E-state index in [0.717, 1.165) is 5.56 Å². The van der Waals surface area contributed by atoms with Gasteiger partial charge < -0.3 is 4.74 Å². The number of hydrogen-bond donors (Lipinski definition) is 0. The minimum Gasteiger partial charge on any atom is -0.484 e. The van der Waals surface area contributed by atoms with E-state index in [1.165, 1.54) is 6.08 Å². The number of hydrogen-bond acceptors (Lipinski definition) is 1. The minimum atomic E-state index is -4.33. The monoisotopic (exact) mass is 258 g/mol. The first-order valence-electron chi connectivity index (χ1n) is 5.60. The van der Waals surface area contributed by atoms with Gasteiger partial charge in [0.2, 0.25) is 0 Å². The molecule has 0 spiro atoms. The van der Waals surface area contributed by atoms with Crippen LogP contribution in [0.5, 0.6) is 5.75 Å². The molecule has 0 radical (unpaired) electrons. The lowest BCUT2D eigenvalue weighted by Crippen LogP contribution is -2.19. The zero-order chi connectivity index (χ0) is 14.0. The van der Waals surface area contributed by atoms with E-state index in [1.807, 2.05) is 20.8 Å². The highest BCUT2D eigenvalue weighted by Crippen LogP contribution is 2.29. The Kier molecular flexibility index (Phi) is 4.09. The van der Waals surface area contributed by atoms with Crippen LogP contribution in [-0.2, 0) is 5.41 Å². The Bertz CT molecular complexity index is 428. The van der Waals surface area contributed by atoms with E-state index in [-0.39, 0.29) is 11.2 Å². The van der Waals surface area contributed by atoms with E-state index < -0.39 is 12.8 Å². The number of rotatable bonds is 3. The van der Waals surface area contributed by atoms with Crippen molar-refractivity contribution in [3.05, 3.63) is 35.9 Å². The van der Waals surface area contributed by atoms with Crippen LogP contribution in [-0.4, -0.2) is 12.8 Å². The predicted octanol–water partition coefficient (Wildman–Crippen LogP) is 4.57. The van der Waals surface area contributed by atoms with Crippen LogP contribution in [0.3, 0.4) is 0 Å². The number of benzene rings is 1. The first-order valence-corrected chi connectivity index (χ1v) is 5.60. The molecule has 0 saturated heterocycles. The largest absolute Gasteiger partial charge is 0.484 e. The number of halogens is 3. The Hall–Kier alpha value is -1.45. The molecule has 1 nitrogen and oxygen atoms in total. The van der Waals surface area contributed by atoms with E-state index in [9.17, 15) is 13.2 Å². The summed E-state index contributed by atoms with van der Waals surface area (Å²) < 4.78 is 41.0. The van der Waals surface area contributed by atoms with E-state index in [1.54, 1.807) is 18.2 Å². The molecular weight excluding hydrogens is 241 g/mol. The summed E-state index contributed by atoms with van der Waals surface area (Å²) in [5, 5.41) is 0. The molecule has 4 heteroatoms. The molecular formula is C14H17F3O. The van der Waals surface area contributed by atoms with Crippen molar-refractivity contribution in [1.82, 2.24) is 0 Å². The molecule has 0 bridgehead atoms. The first-order chi connectivity index (χ1) is 8.13. The summed E-state index contributed by atoms with van der Waals surface area (Å²) in [6.07, 6.45) is -2.83. The zero-order valence-electron chi connectivity index (χ0n) is 10.8. The number of ether oxygens (including phenoxy) is 1. The highest BCUT2D eigenvalue weighted by molar-refractivity contribution is 5.57. The molecule has 0 aliphatic rings. The van der Waals surface area contributed by atoms with Gasteiger partial charge in [-0.05, 0) is 23.1 Å². The maximum Gasteiger partial charge on any atom is 0.422 e. The molecule has 0 amide bonds. The van der Waals surface area contributed by atoms with E-state index >= 15 is 0 Å². The van der Waals surface area contributed by atoms with Gasteiger partial charge >= 0.3 is 6.18 Å². The van der Waals surface area contributed by atoms with Gasteiger partial charge in [-0.25, -0.2) is 0 Å². The fraction of sp³-hybridized carbons (Fsp3) is 0.429. The van der Waals surface area contributed by atoms with Crippen molar-refractivity contribution in [2.24, 2.45) is 0 Å². The van der Waals surface area contributed by atoms with Gasteiger partial charge in [0.25, 0.3) is 0 Å². The smallest absolute Gasteiger partial charge is 0.422 e. The summed E-state index contributed by atoms with van der Waals surface area (Å²) in [6, 6.07) is 5.14. The van der Waals surface area contributed by atoms with Crippen LogP contribution >= 0.6 is 0 Å². The molecule has 0 heterocycles. The lowest BCUT2D eigenvalue weighted by molar-refractivity contribution is -0.153. The Balaban J connectivity index is 2.98. The van der Waals surface area contributed by atoms with Crippen molar-refractivity contribution in [1.29, 1.82) is 0 Å². The molecule has 0 atom stereocenters. The van der Waals surface area contributed by atoms with Crippen LogP contribution in [0.1, 0.15) is 31.9 Å². The summed E-state index contributed by atoms with van der Waals surface area (Å²) in [7, 11) is 0. The van der Waals surface area contributed by atoms with Crippen LogP contribution in [0.15, 0.2) is 24.8 Å². The van der Waals surface area contributed by atoms with Gasteiger partial charge in [0.1, 0.15) is 5.75 Å². The van der Waals surface area contributed by atoms with E-state index in [2.05, 4.69) is 6.58 Å². The third kappa shape index (κ3) is 4.09. The number of alkyl halides is 3. The highest BCUT2D eigenvalue weighted by atomic mass is 19.4. The van der Waals surface area contributed by atoms with Gasteiger partial charge in [0.05, 0.1) is 0 Å². The Labute approximate surface area is 105 Å². The molecule has 0 N–H and O–H groups in total. The van der Waals surface area contributed by atoms with Crippen LogP contribution in [0.2, 0.25) is 0 Å². The lowest BCUT2D eigenvalue weighted by Gasteiger charge is -2.21. The Morgan fingerprint density at radius 1 is 1.22 bits per heavy atom. The summed E-state index contributed by atoms with van der Waals surface area (Å²) >= 11 is 0. The summed E-state index contributed by atoms with van der Waals surface area (Å²) in [4.78, 5) is 0. The molecule has 0 unspecified atom stereocenters. The van der Waals surface area contributed by atoms with Crippen LogP contribution in [0.25, 0.3) is 6.08 Å². The molecule has 0 saturated carbocycles. The average Bonchev–Trinajstić information content (AvgIpc) is 2.23. The fourth-order valence-electron chi connectivity index (χ4n) is 1.47. The molecule has 0 aliphatic carbocycles. The summed E-state index contributed by atoms with van der Waals surface area (Å²) in [5.41, 5.74) is 1.53. The second-order valence-corrected chi connectivity index (χ2v) is 5.11. The summed E-state index contributed by atoms with van der Waals surface area (Å²) in [6.45, 7) is 8.41. The third-order valence-corrected chi connectivity index (χ3v) is 2.49. The second kappa shape index (κ2) is 5.04. The molecule has 1 aromatic rings. The minimum absolute atomic E-state index is 0.0691. The second-order valence-electron chi connectivity index (χ2n) is 5.11. The van der Waals surface area contributed by atoms with Crippen molar-refractivity contribution >= 4 is 6.08 Å². The molecule has 0 aromatic heterocycles. The quantitative estimate of drug-likeness (QED) is 0.771. The topological polar surface area (TPSA) is 9.23 Å². The molecule has 0 aliphatic heterocycles. The normalized spacial score (nSPS) is 12.3. The van der Waals surface area contributed by atoms with Gasteiger partial charge in [-0.15, -0.1) is 0 Å². The van der Waals surface area contributed by atoms with E-state index in [0.29, 0.717) is 5.56 Å². The van der Waals surface area contributed by atoms with Crippen LogP contribution in [0, 0.1) is 0 Å². The average molecular weight is 258 g/mol. The molecule has 1 aromatic carbocycles. The molecule has 18 heavy (non-hydrogen) atoms. The van der Waals surface area contributed by atoms with Crippen molar-refractivity contribution < 1.29 is 17.9 Å². The van der Waals surface area contributed by atoms with Gasteiger partial charge in [0, 0.05) is 5.56 Å².